The molecule has 4 saturated carbocycles. The third-order valence-corrected chi connectivity index (χ3v) is 6.29. The van der Waals surface area contributed by atoms with E-state index >= 15 is 0 Å². The normalized spacial score (nSPS) is 31.6. The summed E-state index contributed by atoms with van der Waals surface area (Å²) in [5.41, 5.74) is 3.10. The van der Waals surface area contributed by atoms with Gasteiger partial charge in [0, 0.05) is 16.8 Å². The lowest BCUT2D eigenvalue weighted by molar-refractivity contribution is -0.125. The van der Waals surface area contributed by atoms with Gasteiger partial charge in [-0.2, -0.15) is 5.10 Å². The van der Waals surface area contributed by atoms with Gasteiger partial charge < -0.3 is 5.32 Å². The smallest absolute Gasteiger partial charge is 0.271 e. The molecule has 4 aliphatic rings. The number of hydrogen-bond acceptors (Lipinski definition) is 3. The molecule has 1 aromatic carbocycles. The second-order valence-electron chi connectivity index (χ2n) is 8.72. The molecule has 0 heterocycles. The van der Waals surface area contributed by atoms with Crippen LogP contribution in [0.15, 0.2) is 29.4 Å². The van der Waals surface area contributed by atoms with Gasteiger partial charge in [0.25, 0.3) is 5.91 Å². The lowest BCUT2D eigenvalue weighted by atomic mass is 9.53. The highest BCUT2D eigenvalue weighted by molar-refractivity contribution is 6.01. The molecular weight excluding hydrogens is 345 g/mol. The second kappa shape index (κ2) is 7.06. The third kappa shape index (κ3) is 4.04. The van der Waals surface area contributed by atoms with E-state index in [1.807, 2.05) is 0 Å². The Morgan fingerprint density at radius 2 is 1.78 bits per heavy atom. The highest BCUT2D eigenvalue weighted by Gasteiger charge is 2.51. The van der Waals surface area contributed by atoms with Crippen LogP contribution in [0.2, 0.25) is 0 Å². The molecular formula is C21H26FN3O2. The summed E-state index contributed by atoms with van der Waals surface area (Å²) in [6, 6.07) is 5.42. The summed E-state index contributed by atoms with van der Waals surface area (Å²) in [5.74, 6) is 1.33. The Morgan fingerprint density at radius 1 is 1.15 bits per heavy atom. The molecule has 4 aliphatic carbocycles. The molecule has 27 heavy (non-hydrogen) atoms. The summed E-state index contributed by atoms with van der Waals surface area (Å²) in [7, 11) is 0. The zero-order valence-corrected chi connectivity index (χ0v) is 15.6. The first-order valence-electron chi connectivity index (χ1n) is 9.81. The number of nitrogens with one attached hydrogen (secondary N) is 2. The number of rotatable bonds is 5. The molecule has 0 aliphatic heterocycles. The van der Waals surface area contributed by atoms with Crippen LogP contribution in [0.3, 0.4) is 0 Å². The monoisotopic (exact) mass is 371 g/mol. The Labute approximate surface area is 158 Å². The quantitative estimate of drug-likeness (QED) is 0.615. The van der Waals surface area contributed by atoms with Crippen LogP contribution >= 0.6 is 0 Å². The van der Waals surface area contributed by atoms with E-state index in [2.05, 4.69) is 15.8 Å². The predicted molar refractivity (Wildman–Crippen MR) is 101 cm³/mol. The number of hydrazone groups is 1. The lowest BCUT2D eigenvalue weighted by Gasteiger charge is -2.56. The van der Waals surface area contributed by atoms with Gasteiger partial charge in [-0.15, -0.1) is 0 Å². The fourth-order valence-corrected chi connectivity index (χ4v) is 5.72. The molecule has 2 N–H and O–H groups in total. The first-order chi connectivity index (χ1) is 12.9. The molecule has 144 valence electrons. The number of benzene rings is 1. The van der Waals surface area contributed by atoms with E-state index in [0.29, 0.717) is 5.71 Å². The predicted octanol–water partition coefficient (Wildman–Crippen LogP) is 3.41. The van der Waals surface area contributed by atoms with Crippen molar-refractivity contribution in [1.82, 2.24) is 10.7 Å². The molecule has 0 radical (unpaired) electrons. The topological polar surface area (TPSA) is 70.6 Å². The molecule has 0 saturated heterocycles. The minimum absolute atomic E-state index is 0.0169. The maximum absolute atomic E-state index is 13.2. The highest BCUT2D eigenvalue weighted by Crippen LogP contribution is 2.55. The van der Waals surface area contributed by atoms with E-state index in [0.717, 1.165) is 43.1 Å². The molecule has 0 aromatic heterocycles. The van der Waals surface area contributed by atoms with Crippen LogP contribution in [0.1, 0.15) is 62.2 Å². The van der Waals surface area contributed by atoms with Crippen molar-refractivity contribution in [3.8, 4) is 0 Å². The van der Waals surface area contributed by atoms with E-state index in [9.17, 15) is 14.0 Å². The van der Waals surface area contributed by atoms with E-state index in [1.54, 1.807) is 6.92 Å². The third-order valence-electron chi connectivity index (χ3n) is 6.29. The molecule has 0 spiro atoms. The number of nitrogens with zero attached hydrogens (tertiary/aromatic N) is 1. The summed E-state index contributed by atoms with van der Waals surface area (Å²) in [6.45, 7) is 1.71. The van der Waals surface area contributed by atoms with Gasteiger partial charge in [-0.1, -0.05) is 6.07 Å². The standard InChI is InChI=1S/C21H26FN3O2/c1-13(24-25-20(27)17-3-2-4-18(22)9-17)5-19(26)23-21-10-14-6-15(11-21)8-16(7-14)12-21/h2-4,9,14-16H,5-8,10-12H2,1H3,(H,23,26)(H,25,27). The van der Waals surface area contributed by atoms with Crippen molar-refractivity contribution in [2.24, 2.45) is 22.9 Å². The van der Waals surface area contributed by atoms with Crippen LogP contribution in [0, 0.1) is 23.6 Å². The van der Waals surface area contributed by atoms with Gasteiger partial charge in [0.05, 0.1) is 6.42 Å². The Bertz CT molecular complexity index is 754. The first kappa shape index (κ1) is 18.1. The Balaban J connectivity index is 1.31. The molecule has 1 aromatic rings. The minimum Gasteiger partial charge on any atom is -0.350 e. The molecule has 4 fully saturated rings. The SMILES string of the molecule is CC(CC(=O)NC12CC3CC(CC(C3)C1)C2)=NNC(=O)c1cccc(F)c1. The number of halogens is 1. The molecule has 0 atom stereocenters. The fraction of sp³-hybridized carbons (Fsp3) is 0.571. The van der Waals surface area contributed by atoms with Crippen LogP contribution < -0.4 is 10.7 Å². The van der Waals surface area contributed by atoms with Crippen molar-refractivity contribution in [2.75, 3.05) is 0 Å². The van der Waals surface area contributed by atoms with E-state index < -0.39 is 11.7 Å². The van der Waals surface area contributed by atoms with Crippen molar-refractivity contribution in [3.05, 3.63) is 35.6 Å². The number of carbonyl (C=O) groups excluding carboxylic acids is 2. The van der Waals surface area contributed by atoms with Gasteiger partial charge >= 0.3 is 0 Å². The van der Waals surface area contributed by atoms with Crippen LogP contribution in [0.5, 0.6) is 0 Å². The maximum Gasteiger partial charge on any atom is 0.271 e. The molecule has 0 unspecified atom stereocenters. The average Bonchev–Trinajstić information content (AvgIpc) is 2.57. The summed E-state index contributed by atoms with van der Waals surface area (Å²) < 4.78 is 13.2. The van der Waals surface area contributed by atoms with E-state index in [1.165, 1.54) is 37.5 Å². The van der Waals surface area contributed by atoms with Crippen LogP contribution in [0.4, 0.5) is 4.39 Å². The molecule has 4 bridgehead atoms. The molecule has 5 nitrogen and oxygen atoms in total. The van der Waals surface area contributed by atoms with Gasteiger partial charge in [0.2, 0.25) is 5.91 Å². The zero-order chi connectivity index (χ0) is 19.0. The summed E-state index contributed by atoms with van der Waals surface area (Å²) in [4.78, 5) is 24.5. The van der Waals surface area contributed by atoms with Crippen molar-refractivity contribution in [1.29, 1.82) is 0 Å². The van der Waals surface area contributed by atoms with Crippen LogP contribution in [-0.2, 0) is 4.79 Å². The van der Waals surface area contributed by atoms with Gasteiger partial charge in [-0.25, -0.2) is 9.82 Å². The minimum atomic E-state index is -0.490. The first-order valence-corrected chi connectivity index (χ1v) is 9.81. The fourth-order valence-electron chi connectivity index (χ4n) is 5.72. The highest BCUT2D eigenvalue weighted by atomic mass is 19.1. The maximum atomic E-state index is 13.2. The van der Waals surface area contributed by atoms with E-state index in [4.69, 9.17) is 0 Å². The average molecular weight is 371 g/mol. The Hall–Kier alpha value is -2.24. The van der Waals surface area contributed by atoms with Gasteiger partial charge in [0.15, 0.2) is 0 Å². The van der Waals surface area contributed by atoms with Crippen molar-refractivity contribution in [3.63, 3.8) is 0 Å². The zero-order valence-electron chi connectivity index (χ0n) is 15.6. The molecule has 6 heteroatoms. The van der Waals surface area contributed by atoms with E-state index in [-0.39, 0.29) is 23.4 Å². The number of amides is 2. The van der Waals surface area contributed by atoms with Crippen molar-refractivity contribution >= 4 is 17.5 Å². The largest absolute Gasteiger partial charge is 0.350 e. The Morgan fingerprint density at radius 3 is 2.37 bits per heavy atom. The second-order valence-corrected chi connectivity index (χ2v) is 8.72. The summed E-state index contributed by atoms with van der Waals surface area (Å²) >= 11 is 0. The Kier molecular flexibility index (Phi) is 4.74. The van der Waals surface area contributed by atoms with Gasteiger partial charge in [-0.3, -0.25) is 9.59 Å². The number of carbonyl (C=O) groups is 2. The van der Waals surface area contributed by atoms with Gasteiger partial charge in [0.1, 0.15) is 5.82 Å². The molecule has 2 amide bonds. The summed E-state index contributed by atoms with van der Waals surface area (Å²) in [6.07, 6.45) is 7.49. The van der Waals surface area contributed by atoms with Crippen molar-refractivity contribution in [2.45, 2.75) is 57.4 Å². The van der Waals surface area contributed by atoms with Crippen LogP contribution in [-0.4, -0.2) is 23.1 Å². The lowest BCUT2D eigenvalue weighted by Crippen LogP contribution is -2.60. The van der Waals surface area contributed by atoms with Crippen molar-refractivity contribution < 1.29 is 14.0 Å². The number of hydrogen-bond donors (Lipinski definition) is 2. The van der Waals surface area contributed by atoms with Crippen LogP contribution in [0.25, 0.3) is 0 Å². The van der Waals surface area contributed by atoms with Gasteiger partial charge in [-0.05, 0) is 81.4 Å². The summed E-state index contributed by atoms with van der Waals surface area (Å²) in [5, 5.41) is 7.30. The molecule has 5 rings (SSSR count).